The standard InChI is InChI=1S/C19H36N2O/c1-4-5-6-11-17-16-10-8-7-9-14(16)12-15(21-17)13-19(2,3)18(20)22/h14-17,21H,4-13H2,1-3H3,(H2,20,22). The molecule has 1 saturated carbocycles. The zero-order chi connectivity index (χ0) is 16.2. The first-order chi connectivity index (χ1) is 10.4. The predicted molar refractivity (Wildman–Crippen MR) is 92.5 cm³/mol. The molecular formula is C19H36N2O. The van der Waals surface area contributed by atoms with Crippen molar-refractivity contribution in [2.24, 2.45) is 23.0 Å². The molecule has 1 saturated heterocycles. The van der Waals surface area contributed by atoms with Crippen molar-refractivity contribution in [1.29, 1.82) is 0 Å². The summed E-state index contributed by atoms with van der Waals surface area (Å²) in [5.41, 5.74) is 5.19. The summed E-state index contributed by atoms with van der Waals surface area (Å²) in [6.45, 7) is 6.27. The molecule has 4 unspecified atom stereocenters. The number of piperidine rings is 1. The number of carbonyl (C=O) groups excluding carboxylic acids is 1. The molecule has 0 spiro atoms. The minimum absolute atomic E-state index is 0.164. The molecule has 0 aromatic carbocycles. The summed E-state index contributed by atoms with van der Waals surface area (Å²) in [4.78, 5) is 11.7. The van der Waals surface area contributed by atoms with Gasteiger partial charge >= 0.3 is 0 Å². The smallest absolute Gasteiger partial charge is 0.223 e. The van der Waals surface area contributed by atoms with E-state index in [0.717, 1.165) is 18.3 Å². The van der Waals surface area contributed by atoms with Crippen molar-refractivity contribution in [3.63, 3.8) is 0 Å². The molecular weight excluding hydrogens is 272 g/mol. The summed E-state index contributed by atoms with van der Waals surface area (Å²) in [5.74, 6) is 1.58. The molecule has 3 heteroatoms. The van der Waals surface area contributed by atoms with Crippen molar-refractivity contribution >= 4 is 5.91 Å². The predicted octanol–water partition coefficient (Wildman–Crippen LogP) is 4.01. The Labute approximate surface area is 136 Å². The van der Waals surface area contributed by atoms with Gasteiger partial charge < -0.3 is 11.1 Å². The maximum absolute atomic E-state index is 11.7. The number of amides is 1. The van der Waals surface area contributed by atoms with E-state index in [9.17, 15) is 4.79 Å². The zero-order valence-corrected chi connectivity index (χ0v) is 14.9. The summed E-state index contributed by atoms with van der Waals surface area (Å²) >= 11 is 0. The lowest BCUT2D eigenvalue weighted by atomic mass is 9.67. The van der Waals surface area contributed by atoms with Crippen molar-refractivity contribution in [2.75, 3.05) is 0 Å². The number of unbranched alkanes of at least 4 members (excludes halogenated alkanes) is 2. The van der Waals surface area contributed by atoms with Crippen LogP contribution in [0.2, 0.25) is 0 Å². The molecule has 0 radical (unpaired) electrons. The van der Waals surface area contributed by atoms with E-state index in [4.69, 9.17) is 5.73 Å². The largest absolute Gasteiger partial charge is 0.369 e. The number of rotatable bonds is 7. The Morgan fingerprint density at radius 1 is 1.23 bits per heavy atom. The van der Waals surface area contributed by atoms with Gasteiger partial charge in [-0.15, -0.1) is 0 Å². The van der Waals surface area contributed by atoms with Gasteiger partial charge in [0.15, 0.2) is 0 Å². The molecule has 1 aliphatic carbocycles. The highest BCUT2D eigenvalue weighted by atomic mass is 16.1. The molecule has 2 rings (SSSR count). The summed E-state index contributed by atoms with van der Waals surface area (Å²) in [6.07, 6.45) is 13.0. The van der Waals surface area contributed by atoms with Crippen molar-refractivity contribution in [2.45, 2.75) is 97.1 Å². The van der Waals surface area contributed by atoms with Crippen molar-refractivity contribution < 1.29 is 4.79 Å². The van der Waals surface area contributed by atoms with Crippen LogP contribution in [0.5, 0.6) is 0 Å². The minimum Gasteiger partial charge on any atom is -0.369 e. The molecule has 3 N–H and O–H groups in total. The first-order valence-electron chi connectivity index (χ1n) is 9.50. The molecule has 0 aromatic heterocycles. The maximum Gasteiger partial charge on any atom is 0.223 e. The summed E-state index contributed by atoms with van der Waals surface area (Å²) in [5, 5.41) is 3.91. The average Bonchev–Trinajstić information content (AvgIpc) is 2.47. The normalized spacial score (nSPS) is 32.5. The fourth-order valence-electron chi connectivity index (χ4n) is 4.69. The van der Waals surface area contributed by atoms with Crippen molar-refractivity contribution in [3.8, 4) is 0 Å². The summed E-state index contributed by atoms with van der Waals surface area (Å²) in [6, 6.07) is 1.13. The van der Waals surface area contributed by atoms with Crippen LogP contribution < -0.4 is 11.1 Å². The molecule has 0 bridgehead atoms. The van der Waals surface area contributed by atoms with Gasteiger partial charge in [0.1, 0.15) is 0 Å². The van der Waals surface area contributed by atoms with Gasteiger partial charge in [0.05, 0.1) is 0 Å². The van der Waals surface area contributed by atoms with Crippen LogP contribution in [0, 0.1) is 17.3 Å². The van der Waals surface area contributed by atoms with E-state index in [1.165, 1.54) is 57.8 Å². The minimum atomic E-state index is -0.396. The topological polar surface area (TPSA) is 55.1 Å². The van der Waals surface area contributed by atoms with Gasteiger partial charge in [0.25, 0.3) is 0 Å². The van der Waals surface area contributed by atoms with E-state index in [0.29, 0.717) is 12.1 Å². The SMILES string of the molecule is CCCCCC1NC(CC(C)(C)C(N)=O)CC2CCCCC21. The number of hydrogen-bond acceptors (Lipinski definition) is 2. The lowest BCUT2D eigenvalue weighted by molar-refractivity contribution is -0.126. The first-order valence-corrected chi connectivity index (χ1v) is 9.50. The average molecular weight is 309 g/mol. The van der Waals surface area contributed by atoms with Crippen LogP contribution in [0.15, 0.2) is 0 Å². The zero-order valence-electron chi connectivity index (χ0n) is 14.9. The molecule has 22 heavy (non-hydrogen) atoms. The van der Waals surface area contributed by atoms with Crippen LogP contribution in [0.25, 0.3) is 0 Å². The third kappa shape index (κ3) is 4.47. The number of nitrogens with two attached hydrogens (primary N) is 1. The van der Waals surface area contributed by atoms with Crippen LogP contribution >= 0.6 is 0 Å². The van der Waals surface area contributed by atoms with Crippen LogP contribution in [0.3, 0.4) is 0 Å². The second kappa shape index (κ2) is 7.81. The Hall–Kier alpha value is -0.570. The van der Waals surface area contributed by atoms with Gasteiger partial charge in [-0.05, 0) is 37.5 Å². The van der Waals surface area contributed by atoms with Crippen LogP contribution in [-0.4, -0.2) is 18.0 Å². The highest BCUT2D eigenvalue weighted by Gasteiger charge is 2.40. The van der Waals surface area contributed by atoms with Crippen LogP contribution in [0.1, 0.15) is 85.0 Å². The van der Waals surface area contributed by atoms with Crippen LogP contribution in [0.4, 0.5) is 0 Å². The highest BCUT2D eigenvalue weighted by Crippen LogP contribution is 2.41. The van der Waals surface area contributed by atoms with Crippen molar-refractivity contribution in [1.82, 2.24) is 5.32 Å². The lowest BCUT2D eigenvalue weighted by Crippen LogP contribution is -2.54. The molecule has 2 fully saturated rings. The van der Waals surface area contributed by atoms with E-state index in [-0.39, 0.29) is 5.91 Å². The first kappa shape index (κ1) is 17.8. The fourth-order valence-corrected chi connectivity index (χ4v) is 4.69. The lowest BCUT2D eigenvalue weighted by Gasteiger charge is -2.47. The van der Waals surface area contributed by atoms with E-state index >= 15 is 0 Å². The van der Waals surface area contributed by atoms with Gasteiger partial charge in [0, 0.05) is 17.5 Å². The van der Waals surface area contributed by atoms with Crippen molar-refractivity contribution in [3.05, 3.63) is 0 Å². The Morgan fingerprint density at radius 2 is 1.95 bits per heavy atom. The maximum atomic E-state index is 11.7. The number of hydrogen-bond donors (Lipinski definition) is 2. The quantitative estimate of drug-likeness (QED) is 0.698. The molecule has 3 nitrogen and oxygen atoms in total. The third-order valence-electron chi connectivity index (χ3n) is 6.06. The molecule has 4 atom stereocenters. The van der Waals surface area contributed by atoms with E-state index in [1.54, 1.807) is 0 Å². The Morgan fingerprint density at radius 3 is 2.64 bits per heavy atom. The molecule has 128 valence electrons. The molecule has 1 heterocycles. The molecule has 1 amide bonds. The number of fused-ring (bicyclic) bond motifs is 1. The second-order valence-electron chi connectivity index (χ2n) is 8.36. The highest BCUT2D eigenvalue weighted by molar-refractivity contribution is 5.79. The van der Waals surface area contributed by atoms with Gasteiger partial charge in [0.2, 0.25) is 5.91 Å². The molecule has 0 aromatic rings. The summed E-state index contributed by atoms with van der Waals surface area (Å²) in [7, 11) is 0. The Bertz CT molecular complexity index is 366. The number of primary amides is 1. The van der Waals surface area contributed by atoms with Gasteiger partial charge in [-0.25, -0.2) is 0 Å². The third-order valence-corrected chi connectivity index (χ3v) is 6.06. The number of carbonyl (C=O) groups is 1. The van der Waals surface area contributed by atoms with Gasteiger partial charge in [-0.2, -0.15) is 0 Å². The monoisotopic (exact) mass is 308 g/mol. The van der Waals surface area contributed by atoms with Gasteiger partial charge in [-0.3, -0.25) is 4.79 Å². The summed E-state index contributed by atoms with van der Waals surface area (Å²) < 4.78 is 0. The number of nitrogens with one attached hydrogen (secondary N) is 1. The second-order valence-corrected chi connectivity index (χ2v) is 8.36. The Kier molecular flexibility index (Phi) is 6.31. The molecule has 2 aliphatic rings. The van der Waals surface area contributed by atoms with E-state index < -0.39 is 5.41 Å². The fraction of sp³-hybridized carbons (Fsp3) is 0.947. The van der Waals surface area contributed by atoms with E-state index in [2.05, 4.69) is 12.2 Å². The Balaban J connectivity index is 1.99. The van der Waals surface area contributed by atoms with E-state index in [1.807, 2.05) is 13.8 Å². The van der Waals surface area contributed by atoms with Gasteiger partial charge in [-0.1, -0.05) is 59.3 Å². The van der Waals surface area contributed by atoms with Crippen LogP contribution in [-0.2, 0) is 4.79 Å². The molecule has 1 aliphatic heterocycles.